The van der Waals surface area contributed by atoms with E-state index in [1.54, 1.807) is 12.3 Å². The Labute approximate surface area is 216 Å². The molecule has 5 aliphatic rings. The van der Waals surface area contributed by atoms with E-state index < -0.39 is 24.4 Å². The van der Waals surface area contributed by atoms with Gasteiger partial charge in [-0.1, -0.05) is 13.8 Å². The van der Waals surface area contributed by atoms with E-state index in [1.165, 1.54) is 37.7 Å². The van der Waals surface area contributed by atoms with Gasteiger partial charge in [0, 0.05) is 11.5 Å². The Bertz CT molecular complexity index is 1100. The molecule has 1 spiro atoms. The molecule has 5 N–H and O–H groups in total. The number of nitrogens with two attached hydrogens (primary N) is 1. The largest absolute Gasteiger partial charge is 0.481 e. The molecule has 4 saturated carbocycles. The topological polar surface area (TPSA) is 164 Å². The summed E-state index contributed by atoms with van der Waals surface area (Å²) >= 11 is 0. The van der Waals surface area contributed by atoms with Gasteiger partial charge in [0.1, 0.15) is 11.6 Å². The van der Waals surface area contributed by atoms with Crippen LogP contribution in [0.2, 0.25) is 0 Å². The van der Waals surface area contributed by atoms with E-state index in [1.807, 2.05) is 6.07 Å². The number of aliphatic carboxylic acids is 2. The van der Waals surface area contributed by atoms with Gasteiger partial charge in [-0.2, -0.15) is 0 Å². The van der Waals surface area contributed by atoms with E-state index in [0.29, 0.717) is 29.3 Å². The fourth-order valence-corrected chi connectivity index (χ4v) is 9.01. The van der Waals surface area contributed by atoms with Crippen LogP contribution in [0.15, 0.2) is 27.6 Å². The fourth-order valence-electron chi connectivity index (χ4n) is 9.01. The Kier molecular flexibility index (Phi) is 6.56. The summed E-state index contributed by atoms with van der Waals surface area (Å²) in [5.41, 5.74) is 6.28. The molecule has 9 nitrogen and oxygen atoms in total. The molecule has 0 aromatic carbocycles. The van der Waals surface area contributed by atoms with Crippen molar-refractivity contribution >= 4 is 11.9 Å². The van der Waals surface area contributed by atoms with Crippen LogP contribution in [-0.2, 0) is 14.3 Å². The minimum absolute atomic E-state index is 0.0285. The van der Waals surface area contributed by atoms with Crippen LogP contribution in [0.3, 0.4) is 0 Å². The number of fused-ring (bicyclic) bond motifs is 3. The maximum Gasteiger partial charge on any atom is 0.335 e. The van der Waals surface area contributed by atoms with E-state index in [0.717, 1.165) is 25.2 Å². The number of rotatable bonds is 4. The van der Waals surface area contributed by atoms with Crippen molar-refractivity contribution in [3.8, 4) is 0 Å². The zero-order chi connectivity index (χ0) is 26.8. The number of carboxylic acids is 2. The first-order valence-corrected chi connectivity index (χ1v) is 13.6. The summed E-state index contributed by atoms with van der Waals surface area (Å²) in [6, 6.07) is 2.26. The molecule has 5 fully saturated rings. The van der Waals surface area contributed by atoms with Crippen LogP contribution in [0.5, 0.6) is 0 Å². The number of carbonyl (C=O) groups is 2. The van der Waals surface area contributed by atoms with Gasteiger partial charge < -0.3 is 30.2 Å². The third kappa shape index (κ3) is 4.14. The van der Waals surface area contributed by atoms with Gasteiger partial charge in [0.05, 0.1) is 24.9 Å². The Morgan fingerprint density at radius 3 is 2.46 bits per heavy atom. The molecular formula is C28H39NO8. The number of ether oxygens (including phenoxy) is 1. The van der Waals surface area contributed by atoms with Crippen molar-refractivity contribution in [2.45, 2.75) is 101 Å². The molecule has 6 rings (SSSR count). The van der Waals surface area contributed by atoms with Gasteiger partial charge in [0.15, 0.2) is 0 Å². The van der Waals surface area contributed by atoms with E-state index >= 15 is 0 Å². The molecule has 1 aliphatic heterocycles. The van der Waals surface area contributed by atoms with Crippen LogP contribution >= 0.6 is 0 Å². The fraction of sp³-hybridized carbons (Fsp3) is 0.750. The first-order chi connectivity index (χ1) is 17.4. The summed E-state index contributed by atoms with van der Waals surface area (Å²) < 4.78 is 11.8. The van der Waals surface area contributed by atoms with Gasteiger partial charge in [-0.15, -0.1) is 0 Å². The van der Waals surface area contributed by atoms with Gasteiger partial charge in [0.25, 0.3) is 0 Å². The third-order valence-electron chi connectivity index (χ3n) is 10.9. The standard InChI is InChI=1S/C24H32O4.C4H7NO4/c1-22-9-7-16(25)11-15(22)4-5-18-17(22)8-10-23(2)19(12-20-24(18,23)28-20)14-3-6-21(26)27-13-14;5-2(4(8)9)1-3(6)7/h3,6,13,15-20,25H,4-5,7-12H2,1-2H3;2H,1,5H2,(H,6,7)(H,8,9)/t15-,16+,17+,18-,19-,20-,22+,23-,24-;2-/m10/s1. The van der Waals surface area contributed by atoms with Crippen LogP contribution < -0.4 is 11.4 Å². The summed E-state index contributed by atoms with van der Waals surface area (Å²) in [5, 5.41) is 26.3. The van der Waals surface area contributed by atoms with Gasteiger partial charge in [-0.05, 0) is 92.1 Å². The summed E-state index contributed by atoms with van der Waals surface area (Å²) in [6.45, 7) is 4.97. The molecule has 1 saturated heterocycles. The zero-order valence-electron chi connectivity index (χ0n) is 21.6. The molecule has 0 radical (unpaired) electrons. The smallest absolute Gasteiger partial charge is 0.335 e. The van der Waals surface area contributed by atoms with Crippen LogP contribution in [-0.4, -0.2) is 51.1 Å². The normalized spacial score (nSPS) is 44.1. The summed E-state index contributed by atoms with van der Waals surface area (Å²) in [5.74, 6) is -0.0219. The summed E-state index contributed by atoms with van der Waals surface area (Å²) in [4.78, 5) is 31.1. The average Bonchev–Trinajstić information content (AvgIpc) is 3.50. The van der Waals surface area contributed by atoms with Crippen molar-refractivity contribution in [2.75, 3.05) is 0 Å². The highest BCUT2D eigenvalue weighted by Crippen LogP contribution is 2.77. The van der Waals surface area contributed by atoms with Crippen LogP contribution in [0.4, 0.5) is 0 Å². The molecule has 9 heteroatoms. The van der Waals surface area contributed by atoms with E-state index in [-0.39, 0.29) is 22.7 Å². The number of hydrogen-bond donors (Lipinski definition) is 4. The lowest BCUT2D eigenvalue weighted by atomic mass is 9.44. The maximum absolute atomic E-state index is 11.4. The lowest BCUT2D eigenvalue weighted by Gasteiger charge is -2.61. The lowest BCUT2D eigenvalue weighted by molar-refractivity contribution is -0.144. The van der Waals surface area contributed by atoms with E-state index in [9.17, 15) is 19.5 Å². The number of carboxylic acid groups (broad SMARTS) is 2. The second-order valence-corrected chi connectivity index (χ2v) is 12.5. The zero-order valence-corrected chi connectivity index (χ0v) is 21.6. The molecule has 4 aliphatic carbocycles. The Morgan fingerprint density at radius 1 is 1.08 bits per heavy atom. The van der Waals surface area contributed by atoms with Gasteiger partial charge in [-0.25, -0.2) is 4.79 Å². The van der Waals surface area contributed by atoms with Crippen molar-refractivity contribution in [3.05, 3.63) is 34.4 Å². The lowest BCUT2D eigenvalue weighted by Crippen LogP contribution is -2.58. The number of epoxide rings is 1. The molecule has 2 heterocycles. The predicted octanol–water partition coefficient (Wildman–Crippen LogP) is 3.13. The van der Waals surface area contributed by atoms with Gasteiger partial charge >= 0.3 is 17.6 Å². The predicted molar refractivity (Wildman–Crippen MR) is 133 cm³/mol. The molecule has 0 bridgehead atoms. The number of aliphatic hydroxyl groups excluding tert-OH is 1. The van der Waals surface area contributed by atoms with Crippen LogP contribution in [0.1, 0.15) is 83.1 Å². The molecule has 1 aromatic heterocycles. The van der Waals surface area contributed by atoms with E-state index in [2.05, 4.69) is 13.8 Å². The van der Waals surface area contributed by atoms with Crippen LogP contribution in [0.25, 0.3) is 0 Å². The van der Waals surface area contributed by atoms with Crippen molar-refractivity contribution in [2.24, 2.45) is 34.3 Å². The average molecular weight is 518 g/mol. The van der Waals surface area contributed by atoms with Crippen LogP contribution in [0, 0.1) is 28.6 Å². The monoisotopic (exact) mass is 517 g/mol. The number of aliphatic hydroxyl groups is 1. The maximum atomic E-state index is 11.4. The highest BCUT2D eigenvalue weighted by molar-refractivity contribution is 5.80. The minimum Gasteiger partial charge on any atom is -0.481 e. The second kappa shape index (κ2) is 9.20. The van der Waals surface area contributed by atoms with Crippen molar-refractivity contribution in [1.82, 2.24) is 0 Å². The SMILES string of the molecule is C[C@]12CC[C@H](O)C[C@H]1CC[C@@H]1[C@@H]2CC[C@]2(C)[C@@H](c3ccc(=O)oc3)C[C@H]3O[C@]132.N[C@@H](CC(=O)O)C(=O)O. The summed E-state index contributed by atoms with van der Waals surface area (Å²) in [7, 11) is 0. The van der Waals surface area contributed by atoms with Crippen molar-refractivity contribution in [1.29, 1.82) is 0 Å². The molecule has 0 unspecified atom stereocenters. The first kappa shape index (κ1) is 26.4. The quantitative estimate of drug-likeness (QED) is 0.439. The van der Waals surface area contributed by atoms with Crippen molar-refractivity contribution < 1.29 is 34.1 Å². The third-order valence-corrected chi connectivity index (χ3v) is 10.9. The minimum atomic E-state index is -1.29. The molecule has 37 heavy (non-hydrogen) atoms. The molecular weight excluding hydrogens is 478 g/mol. The molecule has 10 atom stereocenters. The first-order valence-electron chi connectivity index (χ1n) is 13.6. The molecule has 1 aromatic rings. The molecule has 204 valence electrons. The van der Waals surface area contributed by atoms with Gasteiger partial charge in [-0.3, -0.25) is 9.59 Å². The Morgan fingerprint density at radius 2 is 1.84 bits per heavy atom. The Hall–Kier alpha value is -2.23. The number of hydrogen-bond acceptors (Lipinski definition) is 7. The summed E-state index contributed by atoms with van der Waals surface area (Å²) in [6.07, 6.45) is 10.6. The second-order valence-electron chi connectivity index (χ2n) is 12.5. The highest BCUT2D eigenvalue weighted by Gasteiger charge is 2.80. The Balaban J connectivity index is 0.000000270. The van der Waals surface area contributed by atoms with E-state index in [4.69, 9.17) is 25.1 Å². The molecule has 0 amide bonds. The van der Waals surface area contributed by atoms with Crippen molar-refractivity contribution in [3.63, 3.8) is 0 Å². The van der Waals surface area contributed by atoms with Gasteiger partial charge in [0.2, 0.25) is 0 Å². The highest BCUT2D eigenvalue weighted by atomic mass is 16.6.